The van der Waals surface area contributed by atoms with Gasteiger partial charge in [-0.05, 0) is 16.3 Å². The Labute approximate surface area is 94.1 Å². The molecule has 0 aliphatic heterocycles. The standard InChI is InChI=1S/C14H11NO/c1-10(9-15)14(16)13-8-4-6-11-5-2-3-7-12(11)13/h2-8,14,16H,1H2/t14-/m0/s1. The first-order valence-electron chi connectivity index (χ1n) is 4.98. The molecule has 0 heterocycles. The van der Waals surface area contributed by atoms with Crippen molar-refractivity contribution in [1.29, 1.82) is 5.26 Å². The summed E-state index contributed by atoms with van der Waals surface area (Å²) >= 11 is 0. The van der Waals surface area contributed by atoms with Gasteiger partial charge in [0.05, 0.1) is 11.6 Å². The van der Waals surface area contributed by atoms with Crippen molar-refractivity contribution in [2.45, 2.75) is 6.10 Å². The lowest BCUT2D eigenvalue weighted by atomic mass is 9.97. The largest absolute Gasteiger partial charge is 0.383 e. The van der Waals surface area contributed by atoms with Crippen molar-refractivity contribution in [3.63, 3.8) is 0 Å². The highest BCUT2D eigenvalue weighted by molar-refractivity contribution is 5.86. The molecule has 0 fully saturated rings. The number of benzene rings is 2. The molecule has 1 N–H and O–H groups in total. The molecule has 0 bridgehead atoms. The van der Waals surface area contributed by atoms with Gasteiger partial charge in [-0.25, -0.2) is 0 Å². The van der Waals surface area contributed by atoms with Crippen molar-refractivity contribution < 1.29 is 5.11 Å². The molecule has 2 nitrogen and oxygen atoms in total. The molecule has 0 unspecified atom stereocenters. The molecular formula is C14H11NO. The van der Waals surface area contributed by atoms with Crippen molar-refractivity contribution in [2.75, 3.05) is 0 Å². The van der Waals surface area contributed by atoms with Crippen LogP contribution in [-0.4, -0.2) is 5.11 Å². The maximum atomic E-state index is 9.97. The Morgan fingerprint density at radius 1 is 1.19 bits per heavy atom. The zero-order valence-electron chi connectivity index (χ0n) is 8.72. The minimum Gasteiger partial charge on any atom is -0.383 e. The first-order valence-corrected chi connectivity index (χ1v) is 4.98. The van der Waals surface area contributed by atoms with E-state index < -0.39 is 6.10 Å². The van der Waals surface area contributed by atoms with Crippen molar-refractivity contribution in [3.05, 3.63) is 60.2 Å². The van der Waals surface area contributed by atoms with Gasteiger partial charge in [-0.2, -0.15) is 5.26 Å². The summed E-state index contributed by atoms with van der Waals surface area (Å²) in [4.78, 5) is 0. The normalized spacial score (nSPS) is 12.0. The lowest BCUT2D eigenvalue weighted by Gasteiger charge is -2.11. The molecule has 16 heavy (non-hydrogen) atoms. The van der Waals surface area contributed by atoms with E-state index in [1.165, 1.54) is 0 Å². The summed E-state index contributed by atoms with van der Waals surface area (Å²) in [6.45, 7) is 3.55. The topological polar surface area (TPSA) is 44.0 Å². The summed E-state index contributed by atoms with van der Waals surface area (Å²) in [6.07, 6.45) is -0.920. The predicted molar refractivity (Wildman–Crippen MR) is 63.7 cm³/mol. The van der Waals surface area contributed by atoms with Gasteiger partial charge in [0.25, 0.3) is 0 Å². The number of aliphatic hydroxyl groups is 1. The van der Waals surface area contributed by atoms with E-state index >= 15 is 0 Å². The molecule has 2 rings (SSSR count). The number of hydrogen-bond acceptors (Lipinski definition) is 2. The van der Waals surface area contributed by atoms with E-state index in [0.29, 0.717) is 0 Å². The van der Waals surface area contributed by atoms with E-state index in [1.54, 1.807) is 0 Å². The lowest BCUT2D eigenvalue weighted by Crippen LogP contribution is -1.99. The van der Waals surface area contributed by atoms with Crippen LogP contribution in [0.5, 0.6) is 0 Å². The van der Waals surface area contributed by atoms with Gasteiger partial charge in [0.2, 0.25) is 0 Å². The van der Waals surface area contributed by atoms with Crippen LogP contribution in [-0.2, 0) is 0 Å². The molecule has 2 aromatic carbocycles. The number of fused-ring (bicyclic) bond motifs is 1. The maximum absolute atomic E-state index is 9.97. The summed E-state index contributed by atoms with van der Waals surface area (Å²) in [7, 11) is 0. The summed E-state index contributed by atoms with van der Waals surface area (Å²) < 4.78 is 0. The highest BCUT2D eigenvalue weighted by Gasteiger charge is 2.13. The molecule has 0 spiro atoms. The Kier molecular flexibility index (Phi) is 2.72. The number of aliphatic hydroxyl groups excluding tert-OH is 1. The van der Waals surface area contributed by atoms with Crippen LogP contribution in [0.2, 0.25) is 0 Å². The van der Waals surface area contributed by atoms with E-state index in [9.17, 15) is 5.11 Å². The maximum Gasteiger partial charge on any atom is 0.114 e. The Balaban J connectivity index is 2.61. The minimum atomic E-state index is -0.920. The Bertz CT molecular complexity index is 575. The van der Waals surface area contributed by atoms with E-state index in [2.05, 4.69) is 6.58 Å². The molecule has 0 radical (unpaired) electrons. The average Bonchev–Trinajstić information content (AvgIpc) is 2.36. The first kappa shape index (κ1) is 10.4. The summed E-state index contributed by atoms with van der Waals surface area (Å²) in [6, 6.07) is 15.3. The van der Waals surface area contributed by atoms with Crippen LogP contribution in [0.1, 0.15) is 11.7 Å². The molecule has 0 aromatic heterocycles. The zero-order chi connectivity index (χ0) is 11.5. The van der Waals surface area contributed by atoms with Gasteiger partial charge < -0.3 is 5.11 Å². The Morgan fingerprint density at radius 3 is 2.62 bits per heavy atom. The van der Waals surface area contributed by atoms with Crippen LogP contribution in [0.15, 0.2) is 54.6 Å². The molecule has 78 valence electrons. The molecular weight excluding hydrogens is 198 g/mol. The third kappa shape index (κ3) is 1.69. The molecule has 0 aliphatic rings. The summed E-state index contributed by atoms with van der Waals surface area (Å²) in [5, 5.41) is 20.7. The third-order valence-corrected chi connectivity index (χ3v) is 2.59. The highest BCUT2D eigenvalue weighted by atomic mass is 16.3. The second-order valence-electron chi connectivity index (χ2n) is 3.61. The van der Waals surface area contributed by atoms with Gasteiger partial charge >= 0.3 is 0 Å². The lowest BCUT2D eigenvalue weighted by molar-refractivity contribution is 0.222. The SMILES string of the molecule is C=C(C#N)[C@H](O)c1cccc2ccccc12. The van der Waals surface area contributed by atoms with Gasteiger partial charge in [0, 0.05) is 0 Å². The fourth-order valence-electron chi connectivity index (χ4n) is 1.74. The Hall–Kier alpha value is -2.11. The molecule has 0 saturated carbocycles. The molecule has 2 heteroatoms. The van der Waals surface area contributed by atoms with Gasteiger partial charge in [-0.1, -0.05) is 49.0 Å². The molecule has 0 amide bonds. The van der Waals surface area contributed by atoms with Gasteiger partial charge in [0.1, 0.15) is 6.10 Å². The van der Waals surface area contributed by atoms with E-state index in [1.807, 2.05) is 48.5 Å². The van der Waals surface area contributed by atoms with Crippen LogP contribution in [0.25, 0.3) is 10.8 Å². The zero-order valence-corrected chi connectivity index (χ0v) is 8.72. The number of rotatable bonds is 2. The van der Waals surface area contributed by atoms with E-state index in [-0.39, 0.29) is 5.57 Å². The monoisotopic (exact) mass is 209 g/mol. The molecule has 1 atom stereocenters. The van der Waals surface area contributed by atoms with Crippen LogP contribution >= 0.6 is 0 Å². The third-order valence-electron chi connectivity index (χ3n) is 2.59. The second-order valence-corrected chi connectivity index (χ2v) is 3.61. The minimum absolute atomic E-state index is 0.163. The fraction of sp³-hybridized carbons (Fsp3) is 0.0714. The smallest absolute Gasteiger partial charge is 0.114 e. The number of hydrogen-bond donors (Lipinski definition) is 1. The number of nitrogens with zero attached hydrogens (tertiary/aromatic N) is 1. The van der Waals surface area contributed by atoms with Crippen LogP contribution in [0.4, 0.5) is 0 Å². The van der Waals surface area contributed by atoms with Crippen molar-refractivity contribution in [1.82, 2.24) is 0 Å². The highest BCUT2D eigenvalue weighted by Crippen LogP contribution is 2.27. The molecule has 2 aromatic rings. The predicted octanol–water partition coefficient (Wildman–Crippen LogP) is 2.95. The quantitative estimate of drug-likeness (QED) is 0.773. The van der Waals surface area contributed by atoms with Crippen molar-refractivity contribution in [3.8, 4) is 6.07 Å². The van der Waals surface area contributed by atoms with Crippen molar-refractivity contribution >= 4 is 10.8 Å². The van der Waals surface area contributed by atoms with Gasteiger partial charge in [-0.3, -0.25) is 0 Å². The Morgan fingerprint density at radius 2 is 1.88 bits per heavy atom. The van der Waals surface area contributed by atoms with Crippen LogP contribution in [0.3, 0.4) is 0 Å². The second kappa shape index (κ2) is 4.18. The summed E-state index contributed by atoms with van der Waals surface area (Å²) in [5.41, 5.74) is 0.890. The van der Waals surface area contributed by atoms with Gasteiger partial charge in [0.15, 0.2) is 0 Å². The van der Waals surface area contributed by atoms with Crippen LogP contribution < -0.4 is 0 Å². The average molecular weight is 209 g/mol. The molecule has 0 aliphatic carbocycles. The fourth-order valence-corrected chi connectivity index (χ4v) is 1.74. The van der Waals surface area contributed by atoms with Gasteiger partial charge in [-0.15, -0.1) is 0 Å². The first-order chi connectivity index (χ1) is 7.74. The van der Waals surface area contributed by atoms with Crippen molar-refractivity contribution in [2.24, 2.45) is 0 Å². The van der Waals surface area contributed by atoms with E-state index in [4.69, 9.17) is 5.26 Å². The molecule has 0 saturated heterocycles. The van der Waals surface area contributed by atoms with E-state index in [0.717, 1.165) is 16.3 Å². The van der Waals surface area contributed by atoms with Crippen LogP contribution in [0, 0.1) is 11.3 Å². The summed E-state index contributed by atoms with van der Waals surface area (Å²) in [5.74, 6) is 0. The number of nitriles is 1.